The lowest BCUT2D eigenvalue weighted by molar-refractivity contribution is -0.462. The Labute approximate surface area is 291 Å². The van der Waals surface area contributed by atoms with E-state index < -0.39 is 7.05 Å². The summed E-state index contributed by atoms with van der Waals surface area (Å²) in [4.78, 5) is 2.19. The summed E-state index contributed by atoms with van der Waals surface area (Å²) in [5.41, 5.74) is 11.1. The summed E-state index contributed by atoms with van der Waals surface area (Å²) in [6, 6.07) is 48.2. The number of nitrogens with zero attached hydrogens (tertiary/aromatic N) is 3. The van der Waals surface area contributed by atoms with Gasteiger partial charge in [-0.15, -0.1) is 0 Å². The molecule has 0 saturated carbocycles. The molecule has 0 heterocycles. The Morgan fingerprint density at radius 1 is 0.694 bits per heavy atom. The number of nitrogens with one attached hydrogen (secondary N) is 1. The predicted octanol–water partition coefficient (Wildman–Crippen LogP) is 8.22. The van der Waals surface area contributed by atoms with Gasteiger partial charge in [-0.3, -0.25) is 4.74 Å². The topological polar surface area (TPSA) is 30.6 Å². The fraction of sp³-hybridized carbons (Fsp3) is 0.159. The van der Waals surface area contributed by atoms with Crippen LogP contribution in [0.25, 0.3) is 5.70 Å². The van der Waals surface area contributed by atoms with E-state index in [1.54, 1.807) is 0 Å². The van der Waals surface area contributed by atoms with E-state index in [4.69, 9.17) is 4.74 Å². The average Bonchev–Trinajstić information content (AvgIpc) is 3.30. The zero-order chi connectivity index (χ0) is 33.8. The first-order valence-electron chi connectivity index (χ1n) is 17.0. The highest BCUT2D eigenvalue weighted by atomic mass is 31.2. The van der Waals surface area contributed by atoms with Crippen LogP contribution in [0.5, 0.6) is 0 Å². The maximum Gasteiger partial charge on any atom is 0.199 e. The molecule has 2 aliphatic rings. The maximum absolute atomic E-state index is 5.88. The van der Waals surface area contributed by atoms with Crippen molar-refractivity contribution in [1.82, 2.24) is 5.32 Å². The average molecular weight is 660 g/mol. The van der Waals surface area contributed by atoms with Crippen LogP contribution < -0.4 is 26.1 Å². The second-order valence-electron chi connectivity index (χ2n) is 13.1. The lowest BCUT2D eigenvalue weighted by Crippen LogP contribution is -2.25. The molecule has 0 aliphatic heterocycles. The van der Waals surface area contributed by atoms with Crippen molar-refractivity contribution in [2.75, 3.05) is 33.1 Å². The molecule has 5 aromatic carbocycles. The summed E-state index contributed by atoms with van der Waals surface area (Å²) in [5.74, 6) is 0. The molecule has 0 radical (unpaired) electrons. The molecule has 49 heavy (non-hydrogen) atoms. The highest BCUT2D eigenvalue weighted by Crippen LogP contribution is 2.50. The number of fused-ring (bicyclic) bond motifs is 2. The van der Waals surface area contributed by atoms with Gasteiger partial charge in [0.1, 0.15) is 14.1 Å². The molecular weight excluding hydrogens is 615 g/mol. The van der Waals surface area contributed by atoms with E-state index >= 15 is 0 Å². The molecule has 1 N–H and O–H groups in total. The van der Waals surface area contributed by atoms with E-state index in [0.717, 1.165) is 18.5 Å². The van der Waals surface area contributed by atoms with Gasteiger partial charge < -0.3 is 10.2 Å². The van der Waals surface area contributed by atoms with Crippen LogP contribution in [0.15, 0.2) is 168 Å². The molecule has 0 fully saturated rings. The van der Waals surface area contributed by atoms with Crippen LogP contribution >= 0.6 is 7.05 Å². The fourth-order valence-corrected chi connectivity index (χ4v) is 10.4. The van der Waals surface area contributed by atoms with Crippen LogP contribution in [-0.2, 0) is 13.0 Å². The molecule has 0 spiro atoms. The monoisotopic (exact) mass is 659 g/mol. The van der Waals surface area contributed by atoms with Gasteiger partial charge in [0.25, 0.3) is 0 Å². The van der Waals surface area contributed by atoms with E-state index in [9.17, 15) is 0 Å². The summed E-state index contributed by atoms with van der Waals surface area (Å²) in [6.45, 7) is 0.650. The first-order chi connectivity index (χ1) is 23.9. The van der Waals surface area contributed by atoms with Crippen molar-refractivity contribution in [3.63, 3.8) is 0 Å². The first-order valence-corrected chi connectivity index (χ1v) is 18.8. The maximum atomic E-state index is 5.88. The van der Waals surface area contributed by atoms with E-state index in [0.29, 0.717) is 6.54 Å². The van der Waals surface area contributed by atoms with Gasteiger partial charge in [0.2, 0.25) is 0 Å². The first kappa shape index (κ1) is 32.4. The summed E-state index contributed by atoms with van der Waals surface area (Å²) in [5, 5.41) is 7.70. The van der Waals surface area contributed by atoms with Gasteiger partial charge in [-0.1, -0.05) is 115 Å². The minimum absolute atomic E-state index is 0.650. The lowest BCUT2D eigenvalue weighted by Gasteiger charge is -2.27. The Kier molecular flexibility index (Phi) is 9.33. The minimum Gasteiger partial charge on any atom is -0.380 e. The minimum atomic E-state index is -2.42. The van der Waals surface area contributed by atoms with Gasteiger partial charge in [-0.2, -0.15) is 0 Å². The highest BCUT2D eigenvalue weighted by molar-refractivity contribution is 7.87. The molecule has 0 amide bonds. The van der Waals surface area contributed by atoms with Crippen molar-refractivity contribution >= 4 is 45.8 Å². The van der Waals surface area contributed by atoms with Crippen molar-refractivity contribution < 1.29 is 4.58 Å². The fourth-order valence-electron chi connectivity index (χ4n) is 6.88. The van der Waals surface area contributed by atoms with Gasteiger partial charge >= 0.3 is 0 Å². The van der Waals surface area contributed by atoms with E-state index in [-0.39, 0.29) is 0 Å². The number of aryl methyl sites for hydroxylation is 1. The van der Waals surface area contributed by atoms with Crippen LogP contribution in [0.1, 0.15) is 23.1 Å². The highest BCUT2D eigenvalue weighted by Gasteiger charge is 2.28. The summed E-state index contributed by atoms with van der Waals surface area (Å²) >= 11 is 0. The van der Waals surface area contributed by atoms with E-state index in [2.05, 4.69) is 195 Å². The zero-order valence-corrected chi connectivity index (χ0v) is 29.7. The van der Waals surface area contributed by atoms with Crippen molar-refractivity contribution in [3.8, 4) is 0 Å². The zero-order valence-electron chi connectivity index (χ0n) is 28.8. The smallest absolute Gasteiger partial charge is 0.199 e. The molecule has 7 rings (SSSR count). The standard InChI is InChI=1S/C44H43N4P/c1-47(2)36-26-28-41-33(30-36)24-25-34-31-37(48(3)4)27-29-42(34)44(41)45-32-35-16-14-15-23-43(35)46-49(38-17-8-5-9-18-38,39-19-10-6-11-20-39)40-21-12-7-13-22-40/h5-23,26-31H,24-25,32H2,1-4H3/p+1. The van der Waals surface area contributed by atoms with Gasteiger partial charge in [0, 0.05) is 71.2 Å². The molecule has 4 nitrogen and oxygen atoms in total. The number of benzene rings is 5. The van der Waals surface area contributed by atoms with Gasteiger partial charge in [-0.05, 0) is 53.8 Å². The number of rotatable bonds is 8. The Morgan fingerprint density at radius 3 is 1.88 bits per heavy atom. The quantitative estimate of drug-likeness (QED) is 0.135. The van der Waals surface area contributed by atoms with Crippen LogP contribution in [0.2, 0.25) is 0 Å². The van der Waals surface area contributed by atoms with Gasteiger partial charge in [-0.25, -0.2) is 4.58 Å². The Balaban J connectivity index is 1.38. The van der Waals surface area contributed by atoms with Crippen molar-refractivity contribution in [2.24, 2.45) is 4.74 Å². The number of allylic oxidation sites excluding steroid dienone is 5. The summed E-state index contributed by atoms with van der Waals surface area (Å²) < 4.78 is 8.07. The van der Waals surface area contributed by atoms with E-state index in [1.807, 2.05) is 0 Å². The van der Waals surface area contributed by atoms with Crippen molar-refractivity contribution in [3.05, 3.63) is 180 Å². The molecule has 0 atom stereocenters. The normalized spacial score (nSPS) is 14.0. The summed E-state index contributed by atoms with van der Waals surface area (Å²) in [6.07, 6.45) is 8.89. The van der Waals surface area contributed by atoms with Crippen LogP contribution in [0.3, 0.4) is 0 Å². The third-order valence-corrected chi connectivity index (χ3v) is 13.2. The molecule has 0 saturated heterocycles. The molecule has 0 bridgehead atoms. The number of anilines is 1. The van der Waals surface area contributed by atoms with Crippen molar-refractivity contribution in [2.45, 2.75) is 19.4 Å². The molecule has 244 valence electrons. The molecule has 5 aromatic rings. The molecule has 0 unspecified atom stereocenters. The molecular formula is C44H44N4P+. The Hall–Kier alpha value is -5.18. The molecule has 5 heteroatoms. The third-order valence-electron chi connectivity index (χ3n) is 9.51. The number of hydrogen-bond donors (Lipinski definition) is 1. The lowest BCUT2D eigenvalue weighted by atomic mass is 9.94. The second kappa shape index (κ2) is 14.1. The van der Waals surface area contributed by atoms with Gasteiger partial charge in [0.05, 0.1) is 12.7 Å². The van der Waals surface area contributed by atoms with E-state index in [1.165, 1.54) is 60.8 Å². The summed E-state index contributed by atoms with van der Waals surface area (Å²) in [7, 11) is 6.04. The van der Waals surface area contributed by atoms with Gasteiger partial charge in [0.15, 0.2) is 5.71 Å². The van der Waals surface area contributed by atoms with Crippen LogP contribution in [-0.4, -0.2) is 38.5 Å². The van der Waals surface area contributed by atoms with Crippen LogP contribution in [0.4, 0.5) is 11.4 Å². The Bertz CT molecular complexity index is 2050. The third kappa shape index (κ3) is 6.49. The van der Waals surface area contributed by atoms with Crippen LogP contribution in [0, 0.1) is 0 Å². The SMILES string of the molecule is CN(C)c1ccc2c(c1)CCC1=CC(=[N+](C)C)C=CC1=C2NCc1ccccc1N=P(c1ccccc1)(c1ccccc1)c1ccccc1. The van der Waals surface area contributed by atoms with Crippen molar-refractivity contribution in [1.29, 1.82) is 0 Å². The number of hydrogen-bond acceptors (Lipinski definition) is 3. The largest absolute Gasteiger partial charge is 0.380 e. The predicted molar refractivity (Wildman–Crippen MR) is 211 cm³/mol. The molecule has 0 aromatic heterocycles. The Morgan fingerprint density at radius 2 is 1.29 bits per heavy atom. The second-order valence-corrected chi connectivity index (χ2v) is 16.1. The molecule has 2 aliphatic carbocycles.